The van der Waals surface area contributed by atoms with E-state index in [9.17, 15) is 4.39 Å². The quantitative estimate of drug-likeness (QED) is 0.715. The van der Waals surface area contributed by atoms with E-state index in [1.807, 2.05) is 14.1 Å². The predicted octanol–water partition coefficient (Wildman–Crippen LogP) is 2.87. The highest BCUT2D eigenvalue weighted by molar-refractivity contribution is 8.24. The number of rotatable bonds is 6. The van der Waals surface area contributed by atoms with E-state index in [-0.39, 0.29) is 5.82 Å². The van der Waals surface area contributed by atoms with Gasteiger partial charge in [0, 0.05) is 38.5 Å². The first-order valence-electron chi connectivity index (χ1n) is 7.92. The number of nitrogens with zero attached hydrogens (tertiary/aromatic N) is 3. The molecule has 0 aliphatic carbocycles. The molecule has 2 aromatic heterocycles. The topological polar surface area (TPSA) is 103 Å². The maximum Gasteiger partial charge on any atom is 0.149 e. The Kier molecular flexibility index (Phi) is 8.57. The Morgan fingerprint density at radius 2 is 1.81 bits per heavy atom. The summed E-state index contributed by atoms with van der Waals surface area (Å²) in [7, 11) is 6.17. The molecule has 0 fully saturated rings. The SMILES string of the molecule is CC=O.CNc1cc(-c2cnc(N)c(S(OC)(OC)N(C)C)c2)c(F)cn1. The number of hydrogen-bond acceptors (Lipinski definition) is 8. The third kappa shape index (κ3) is 4.92. The highest BCUT2D eigenvalue weighted by Crippen LogP contribution is 2.60. The van der Waals surface area contributed by atoms with Gasteiger partial charge in [-0.3, -0.25) is 8.37 Å². The summed E-state index contributed by atoms with van der Waals surface area (Å²) >= 11 is 0. The minimum atomic E-state index is -2.27. The van der Waals surface area contributed by atoms with E-state index in [1.165, 1.54) is 27.3 Å². The zero-order valence-electron chi connectivity index (χ0n) is 16.3. The van der Waals surface area contributed by atoms with Crippen molar-refractivity contribution < 1.29 is 17.6 Å². The first-order valence-corrected chi connectivity index (χ1v) is 9.36. The number of nitrogen functional groups attached to an aromatic ring is 1. The van der Waals surface area contributed by atoms with E-state index < -0.39 is 16.6 Å². The summed E-state index contributed by atoms with van der Waals surface area (Å²) in [6.45, 7) is 1.44. The van der Waals surface area contributed by atoms with E-state index in [0.29, 0.717) is 21.8 Å². The molecule has 0 aromatic carbocycles. The Morgan fingerprint density at radius 3 is 2.30 bits per heavy atom. The highest BCUT2D eigenvalue weighted by Gasteiger charge is 2.28. The van der Waals surface area contributed by atoms with Crippen LogP contribution in [0.1, 0.15) is 6.92 Å². The Hall–Kier alpha value is -2.27. The molecule has 0 saturated heterocycles. The molecule has 0 unspecified atom stereocenters. The fraction of sp³-hybridized carbons (Fsp3) is 0.353. The van der Waals surface area contributed by atoms with Crippen molar-refractivity contribution in [2.75, 3.05) is 46.4 Å². The molecule has 10 heteroatoms. The molecule has 2 aromatic rings. The Morgan fingerprint density at radius 1 is 1.22 bits per heavy atom. The molecule has 27 heavy (non-hydrogen) atoms. The summed E-state index contributed by atoms with van der Waals surface area (Å²) in [5.74, 6) is 0.371. The first kappa shape index (κ1) is 22.8. The molecule has 0 bridgehead atoms. The summed E-state index contributed by atoms with van der Waals surface area (Å²) in [6.07, 6.45) is 3.43. The second kappa shape index (κ2) is 10.2. The number of aldehydes is 1. The van der Waals surface area contributed by atoms with Crippen molar-refractivity contribution in [1.29, 1.82) is 0 Å². The fourth-order valence-electron chi connectivity index (χ4n) is 2.35. The van der Waals surface area contributed by atoms with Crippen LogP contribution in [0.3, 0.4) is 0 Å². The molecule has 0 amide bonds. The van der Waals surface area contributed by atoms with Crippen LogP contribution in [0, 0.1) is 5.82 Å². The lowest BCUT2D eigenvalue weighted by atomic mass is 10.1. The number of halogens is 1. The second-order valence-electron chi connectivity index (χ2n) is 5.26. The van der Waals surface area contributed by atoms with Gasteiger partial charge >= 0.3 is 0 Å². The van der Waals surface area contributed by atoms with Crippen LogP contribution in [-0.2, 0) is 13.2 Å². The van der Waals surface area contributed by atoms with Crippen molar-refractivity contribution in [2.24, 2.45) is 0 Å². The van der Waals surface area contributed by atoms with Crippen LogP contribution in [-0.4, -0.2) is 55.9 Å². The lowest BCUT2D eigenvalue weighted by molar-refractivity contribution is -0.106. The lowest BCUT2D eigenvalue weighted by Crippen LogP contribution is -2.24. The monoisotopic (exact) mass is 399 g/mol. The van der Waals surface area contributed by atoms with Crippen molar-refractivity contribution in [1.82, 2.24) is 14.3 Å². The number of carbonyl (C=O) groups is 1. The summed E-state index contributed by atoms with van der Waals surface area (Å²) in [6, 6.07) is 3.35. The zero-order chi connectivity index (χ0) is 20.6. The van der Waals surface area contributed by atoms with Crippen molar-refractivity contribution in [2.45, 2.75) is 11.8 Å². The van der Waals surface area contributed by atoms with Gasteiger partial charge in [-0.25, -0.2) is 18.7 Å². The third-order valence-electron chi connectivity index (χ3n) is 3.51. The molecule has 0 saturated carbocycles. The molecule has 2 heterocycles. The average Bonchev–Trinajstić information content (AvgIpc) is 2.65. The van der Waals surface area contributed by atoms with Crippen LogP contribution >= 0.6 is 10.8 Å². The van der Waals surface area contributed by atoms with E-state index in [4.69, 9.17) is 18.9 Å². The molecule has 8 nitrogen and oxygen atoms in total. The number of anilines is 2. The third-order valence-corrected chi connectivity index (χ3v) is 6.26. The Balaban J connectivity index is 0.00000114. The molecule has 2 rings (SSSR count). The number of hydrogen-bond donors (Lipinski definition) is 2. The van der Waals surface area contributed by atoms with E-state index >= 15 is 0 Å². The molecule has 0 aliphatic heterocycles. The van der Waals surface area contributed by atoms with Gasteiger partial charge in [-0.15, -0.1) is 10.8 Å². The molecule has 0 aliphatic rings. The van der Waals surface area contributed by atoms with Gasteiger partial charge in [-0.2, -0.15) is 0 Å². The smallest absolute Gasteiger partial charge is 0.149 e. The normalized spacial score (nSPS) is 11.6. The molecule has 150 valence electrons. The van der Waals surface area contributed by atoms with Gasteiger partial charge in [0.1, 0.15) is 28.6 Å². The van der Waals surface area contributed by atoms with Crippen LogP contribution < -0.4 is 11.1 Å². The molecular formula is C17H26FN5O3S. The second-order valence-corrected chi connectivity index (χ2v) is 8.05. The molecule has 0 radical (unpaired) electrons. The Labute approximate surface area is 160 Å². The fourth-order valence-corrected chi connectivity index (χ4v) is 4.43. The van der Waals surface area contributed by atoms with Gasteiger partial charge in [0.05, 0.1) is 20.4 Å². The predicted molar refractivity (Wildman–Crippen MR) is 107 cm³/mol. The van der Waals surface area contributed by atoms with Gasteiger partial charge in [-0.1, -0.05) is 0 Å². The van der Waals surface area contributed by atoms with Crippen molar-refractivity contribution in [3.05, 3.63) is 30.3 Å². The van der Waals surface area contributed by atoms with E-state index in [2.05, 4.69) is 15.3 Å². The lowest BCUT2D eigenvalue weighted by Gasteiger charge is -2.45. The van der Waals surface area contributed by atoms with Crippen molar-refractivity contribution in [3.63, 3.8) is 0 Å². The zero-order valence-corrected chi connectivity index (χ0v) is 17.1. The number of pyridine rings is 2. The standard InChI is InChI=1S/C15H22FN5O2S.C2H4O/c1-18-14-7-11(12(16)9-19-14)10-6-13(15(17)20-8-10)24(22-4,23-5)21(2)3;1-2-3/h6-9H,1-5H3,(H2,17,20)(H,18,19);2H,1H3. The van der Waals surface area contributed by atoms with Crippen LogP contribution in [0.2, 0.25) is 0 Å². The number of carbonyl (C=O) groups excluding carboxylic acids is 1. The number of aromatic nitrogens is 2. The average molecular weight is 399 g/mol. The van der Waals surface area contributed by atoms with Crippen LogP contribution in [0.15, 0.2) is 29.4 Å². The van der Waals surface area contributed by atoms with Crippen LogP contribution in [0.5, 0.6) is 0 Å². The minimum Gasteiger partial charge on any atom is -0.382 e. The maximum atomic E-state index is 14.2. The van der Waals surface area contributed by atoms with Gasteiger partial charge in [0.25, 0.3) is 0 Å². The number of nitrogens with two attached hydrogens (primary N) is 1. The van der Waals surface area contributed by atoms with Gasteiger partial charge in [-0.05, 0) is 19.1 Å². The first-order chi connectivity index (χ1) is 12.8. The minimum absolute atomic E-state index is 0.273. The summed E-state index contributed by atoms with van der Waals surface area (Å²) in [5, 5.41) is 2.89. The highest BCUT2D eigenvalue weighted by atomic mass is 32.3. The summed E-state index contributed by atoms with van der Waals surface area (Å²) in [5.41, 5.74) is 6.96. The largest absolute Gasteiger partial charge is 0.382 e. The molecule has 0 spiro atoms. The Bertz CT molecular complexity index is 772. The summed E-state index contributed by atoms with van der Waals surface area (Å²) in [4.78, 5) is 17.5. The van der Waals surface area contributed by atoms with Gasteiger partial charge < -0.3 is 15.8 Å². The van der Waals surface area contributed by atoms with Gasteiger partial charge in [0.15, 0.2) is 0 Å². The van der Waals surface area contributed by atoms with Crippen LogP contribution in [0.25, 0.3) is 11.1 Å². The maximum absolute atomic E-state index is 14.2. The molecule has 3 N–H and O–H groups in total. The van der Waals surface area contributed by atoms with E-state index in [0.717, 1.165) is 12.5 Å². The number of nitrogens with one attached hydrogen (secondary N) is 1. The molecular weight excluding hydrogens is 373 g/mol. The van der Waals surface area contributed by atoms with Gasteiger partial charge in [0.2, 0.25) is 0 Å². The van der Waals surface area contributed by atoms with Crippen molar-refractivity contribution >= 4 is 28.7 Å². The van der Waals surface area contributed by atoms with E-state index in [1.54, 1.807) is 23.5 Å². The van der Waals surface area contributed by atoms with Crippen LogP contribution in [0.4, 0.5) is 16.0 Å². The molecule has 0 atom stereocenters. The van der Waals surface area contributed by atoms with Crippen molar-refractivity contribution in [3.8, 4) is 11.1 Å². The summed E-state index contributed by atoms with van der Waals surface area (Å²) < 4.78 is 27.3.